The van der Waals surface area contributed by atoms with Crippen LogP contribution in [-0.2, 0) is 31.5 Å². The van der Waals surface area contributed by atoms with Crippen LogP contribution in [-0.4, -0.2) is 84.7 Å². The molecule has 0 radical (unpaired) electrons. The van der Waals surface area contributed by atoms with Crippen LogP contribution in [0.25, 0.3) is 0 Å². The van der Waals surface area contributed by atoms with Crippen molar-refractivity contribution in [2.24, 2.45) is 11.8 Å². The lowest BCUT2D eigenvalue weighted by Crippen LogP contribution is -2.54. The zero-order valence-electron chi connectivity index (χ0n) is 27.2. The normalized spacial score (nSPS) is 17.4. The fourth-order valence-electron chi connectivity index (χ4n) is 6.18. The number of pyridine rings is 1. The molecule has 47 heavy (non-hydrogen) atoms. The summed E-state index contributed by atoms with van der Waals surface area (Å²) in [5.74, 6) is -8.64. The first kappa shape index (κ1) is 35.8. The summed E-state index contributed by atoms with van der Waals surface area (Å²) in [5, 5.41) is 5.28. The summed E-state index contributed by atoms with van der Waals surface area (Å²) < 4.78 is 50.8. The number of Topliss-reactive ketones (excluding diaryl/α,β-unsaturated/α-hetero) is 1. The number of methoxy groups -OCH3 is 1. The number of anilines is 1. The Morgan fingerprint density at radius 1 is 1.04 bits per heavy atom. The minimum atomic E-state index is -3.88. The van der Waals surface area contributed by atoms with E-state index in [0.29, 0.717) is 44.6 Å². The van der Waals surface area contributed by atoms with E-state index in [1.165, 1.54) is 25.3 Å². The van der Waals surface area contributed by atoms with Crippen LogP contribution in [0.15, 0.2) is 36.5 Å². The molecule has 3 amide bonds. The van der Waals surface area contributed by atoms with Crippen LogP contribution < -0.4 is 15.4 Å². The number of ether oxygens (including phenoxy) is 1. The molecule has 13 heteroatoms. The van der Waals surface area contributed by atoms with E-state index in [0.717, 1.165) is 31.5 Å². The first-order valence-corrected chi connectivity index (χ1v) is 16.2. The number of piperazine rings is 1. The van der Waals surface area contributed by atoms with Crippen molar-refractivity contribution in [3.63, 3.8) is 0 Å². The standard InChI is InChI=1S/C34H44F3N5O5/c1-4-30(44)39-28(33(46)42-16-14-41(2)15-17-42)19-22-10-12-27(26(35)18-22)40-32(45)25(23-8-6-5-7-9-23)20-29(43)34(36,37)24-11-13-31(47-3)38-21-24/h10-13,18,21,23,25,28H,4-9,14-17,19-20H2,1-3H3,(H,39,44)(H,40,45)/t25-,28+/m0/s1. The fraction of sp³-hybridized carbons (Fsp3) is 0.559. The number of hydrogen-bond donors (Lipinski definition) is 2. The van der Waals surface area contributed by atoms with Gasteiger partial charge in [-0.15, -0.1) is 0 Å². The maximum absolute atomic E-state index is 15.4. The van der Waals surface area contributed by atoms with Gasteiger partial charge in [-0.1, -0.05) is 32.3 Å². The molecule has 1 aliphatic carbocycles. The van der Waals surface area contributed by atoms with Gasteiger partial charge in [-0.2, -0.15) is 8.78 Å². The third-order valence-corrected chi connectivity index (χ3v) is 9.12. The predicted molar refractivity (Wildman–Crippen MR) is 169 cm³/mol. The van der Waals surface area contributed by atoms with Crippen LogP contribution >= 0.6 is 0 Å². The van der Waals surface area contributed by atoms with Gasteiger partial charge in [0.15, 0.2) is 0 Å². The highest BCUT2D eigenvalue weighted by Gasteiger charge is 2.44. The number of aromatic nitrogens is 1. The van der Waals surface area contributed by atoms with E-state index in [4.69, 9.17) is 4.74 Å². The quantitative estimate of drug-likeness (QED) is 0.329. The summed E-state index contributed by atoms with van der Waals surface area (Å²) in [6, 6.07) is 5.48. The minimum Gasteiger partial charge on any atom is -0.481 e. The van der Waals surface area contributed by atoms with E-state index in [1.54, 1.807) is 17.9 Å². The number of benzene rings is 1. The fourth-order valence-corrected chi connectivity index (χ4v) is 6.18. The van der Waals surface area contributed by atoms with Crippen LogP contribution in [0, 0.1) is 17.7 Å². The second-order valence-electron chi connectivity index (χ2n) is 12.4. The SMILES string of the molecule is CCC(=O)N[C@H](Cc1ccc(NC(=O)[C@@H](CC(=O)C(F)(F)c2ccc(OC)nc2)C2CCCCC2)c(F)c1)C(=O)N1CCN(C)CC1. The number of likely N-dealkylation sites (N-methyl/N-ethyl adjacent to an activating group) is 1. The number of rotatable bonds is 13. The molecule has 4 rings (SSSR count). The molecule has 1 aliphatic heterocycles. The molecular weight excluding hydrogens is 615 g/mol. The highest BCUT2D eigenvalue weighted by Crippen LogP contribution is 2.37. The summed E-state index contributed by atoms with van der Waals surface area (Å²) in [5.41, 5.74) is -0.346. The maximum Gasteiger partial charge on any atom is 0.331 e. The van der Waals surface area contributed by atoms with Gasteiger partial charge in [0, 0.05) is 69.2 Å². The Morgan fingerprint density at radius 2 is 1.74 bits per heavy atom. The maximum atomic E-state index is 15.4. The molecule has 10 nitrogen and oxygen atoms in total. The molecule has 1 saturated carbocycles. The molecule has 2 heterocycles. The Morgan fingerprint density at radius 3 is 2.34 bits per heavy atom. The van der Waals surface area contributed by atoms with E-state index in [9.17, 15) is 19.2 Å². The van der Waals surface area contributed by atoms with E-state index in [1.807, 2.05) is 7.05 Å². The van der Waals surface area contributed by atoms with Crippen molar-refractivity contribution in [3.05, 3.63) is 53.5 Å². The number of halogens is 3. The largest absolute Gasteiger partial charge is 0.481 e. The molecule has 0 spiro atoms. The first-order chi connectivity index (χ1) is 22.4. The van der Waals surface area contributed by atoms with Crippen LogP contribution in [0.5, 0.6) is 5.88 Å². The second-order valence-corrected chi connectivity index (χ2v) is 12.4. The Bertz CT molecular complexity index is 1410. The number of hydrogen-bond acceptors (Lipinski definition) is 7. The van der Waals surface area contributed by atoms with Crippen molar-refractivity contribution in [1.29, 1.82) is 0 Å². The summed E-state index contributed by atoms with van der Waals surface area (Å²) in [6.07, 6.45) is 4.10. The van der Waals surface area contributed by atoms with Crippen molar-refractivity contribution < 1.29 is 37.1 Å². The zero-order chi connectivity index (χ0) is 34.1. The minimum absolute atomic E-state index is 0.0383. The first-order valence-electron chi connectivity index (χ1n) is 16.2. The Kier molecular flexibility index (Phi) is 12.4. The van der Waals surface area contributed by atoms with Crippen molar-refractivity contribution in [2.45, 2.75) is 70.3 Å². The van der Waals surface area contributed by atoms with Crippen LogP contribution in [0.3, 0.4) is 0 Å². The van der Waals surface area contributed by atoms with Gasteiger partial charge in [-0.3, -0.25) is 19.2 Å². The van der Waals surface area contributed by atoms with E-state index >= 15 is 13.2 Å². The van der Waals surface area contributed by atoms with Gasteiger partial charge in [-0.25, -0.2) is 9.37 Å². The van der Waals surface area contributed by atoms with Gasteiger partial charge >= 0.3 is 5.92 Å². The molecule has 2 aliphatic rings. The monoisotopic (exact) mass is 659 g/mol. The highest BCUT2D eigenvalue weighted by molar-refractivity contribution is 5.97. The molecule has 2 N–H and O–H groups in total. The number of nitrogens with one attached hydrogen (secondary N) is 2. The average Bonchev–Trinajstić information content (AvgIpc) is 3.08. The van der Waals surface area contributed by atoms with E-state index in [-0.39, 0.29) is 42.1 Å². The molecule has 2 atom stereocenters. The highest BCUT2D eigenvalue weighted by atomic mass is 19.3. The lowest BCUT2D eigenvalue weighted by Gasteiger charge is -2.34. The Hall–Kier alpha value is -4.00. The molecule has 1 aromatic carbocycles. The zero-order valence-corrected chi connectivity index (χ0v) is 27.2. The van der Waals surface area contributed by atoms with Crippen LogP contribution in [0.4, 0.5) is 18.9 Å². The Balaban J connectivity index is 1.48. The number of carbonyl (C=O) groups excluding carboxylic acids is 4. The predicted octanol–water partition coefficient (Wildman–Crippen LogP) is 4.33. The summed E-state index contributed by atoms with van der Waals surface area (Å²) in [4.78, 5) is 59.7. The number of carbonyl (C=O) groups is 4. The summed E-state index contributed by atoms with van der Waals surface area (Å²) in [7, 11) is 3.31. The second kappa shape index (κ2) is 16.2. The van der Waals surface area contributed by atoms with Crippen LogP contribution in [0.2, 0.25) is 0 Å². The third-order valence-electron chi connectivity index (χ3n) is 9.12. The molecule has 1 aromatic heterocycles. The molecule has 0 bridgehead atoms. The molecule has 1 saturated heterocycles. The summed E-state index contributed by atoms with van der Waals surface area (Å²) in [6.45, 7) is 4.11. The smallest absolute Gasteiger partial charge is 0.331 e. The van der Waals surface area contributed by atoms with Crippen LogP contribution in [0.1, 0.15) is 63.0 Å². The van der Waals surface area contributed by atoms with Gasteiger partial charge in [0.1, 0.15) is 11.9 Å². The number of alkyl halides is 2. The van der Waals surface area contributed by atoms with Crippen molar-refractivity contribution in [2.75, 3.05) is 45.7 Å². The third kappa shape index (κ3) is 9.30. The van der Waals surface area contributed by atoms with Gasteiger partial charge in [0.05, 0.1) is 12.8 Å². The number of amides is 3. The van der Waals surface area contributed by atoms with Crippen molar-refractivity contribution in [1.82, 2.24) is 20.1 Å². The number of ketones is 1. The molecule has 2 aromatic rings. The van der Waals surface area contributed by atoms with E-state index < -0.39 is 47.4 Å². The molecular formula is C34H44F3N5O5. The lowest BCUT2D eigenvalue weighted by atomic mass is 9.76. The van der Waals surface area contributed by atoms with Gasteiger partial charge in [0.25, 0.3) is 0 Å². The Labute approximate surface area is 273 Å². The van der Waals surface area contributed by atoms with Crippen molar-refractivity contribution >= 4 is 29.2 Å². The molecule has 256 valence electrons. The summed E-state index contributed by atoms with van der Waals surface area (Å²) >= 11 is 0. The molecule has 0 unspecified atom stereocenters. The topological polar surface area (TPSA) is 121 Å². The average molecular weight is 660 g/mol. The van der Waals surface area contributed by atoms with Gasteiger partial charge in [-0.05, 0) is 49.6 Å². The molecule has 2 fully saturated rings. The van der Waals surface area contributed by atoms with E-state index in [2.05, 4.69) is 20.5 Å². The van der Waals surface area contributed by atoms with Gasteiger partial charge in [0.2, 0.25) is 29.4 Å². The number of nitrogens with zero attached hydrogens (tertiary/aromatic N) is 3. The lowest BCUT2D eigenvalue weighted by molar-refractivity contribution is -0.147. The van der Waals surface area contributed by atoms with Crippen molar-refractivity contribution in [3.8, 4) is 5.88 Å². The van der Waals surface area contributed by atoms with Gasteiger partial charge < -0.3 is 25.2 Å².